The lowest BCUT2D eigenvalue weighted by Crippen LogP contribution is -2.27. The van der Waals surface area contributed by atoms with Gasteiger partial charge in [0.25, 0.3) is 5.69 Å². The second kappa shape index (κ2) is 7.82. The van der Waals surface area contributed by atoms with Crippen molar-refractivity contribution in [1.82, 2.24) is 10.3 Å². The number of nitrogens with one attached hydrogen (secondary N) is 1. The number of benzene rings is 1. The molecule has 1 heterocycles. The van der Waals surface area contributed by atoms with Crippen LogP contribution in [0, 0.1) is 10.1 Å². The number of nitro groups is 1. The van der Waals surface area contributed by atoms with Gasteiger partial charge in [-0.25, -0.2) is 4.98 Å². The molecule has 0 aliphatic heterocycles. The van der Waals surface area contributed by atoms with Crippen LogP contribution in [-0.4, -0.2) is 22.4 Å². The summed E-state index contributed by atoms with van der Waals surface area (Å²) >= 11 is 1.64. The van der Waals surface area contributed by atoms with Crippen molar-refractivity contribution in [2.75, 3.05) is 6.54 Å². The molecule has 2 aromatic rings. The van der Waals surface area contributed by atoms with Crippen LogP contribution >= 0.6 is 11.3 Å². The smallest absolute Gasteiger partial charge is 0.269 e. The van der Waals surface area contributed by atoms with Crippen molar-refractivity contribution in [3.63, 3.8) is 0 Å². The van der Waals surface area contributed by atoms with E-state index in [9.17, 15) is 14.9 Å². The molecule has 0 bridgehead atoms. The average molecular weight is 333 g/mol. The van der Waals surface area contributed by atoms with Crippen molar-refractivity contribution in [1.29, 1.82) is 0 Å². The highest BCUT2D eigenvalue weighted by Gasteiger charge is 2.08. The summed E-state index contributed by atoms with van der Waals surface area (Å²) in [7, 11) is 0. The summed E-state index contributed by atoms with van der Waals surface area (Å²) in [5, 5.41) is 16.6. The van der Waals surface area contributed by atoms with E-state index in [2.05, 4.69) is 24.1 Å². The topological polar surface area (TPSA) is 85.1 Å². The Labute approximate surface area is 138 Å². The van der Waals surface area contributed by atoms with Gasteiger partial charge < -0.3 is 5.32 Å². The first-order valence-corrected chi connectivity index (χ1v) is 8.28. The monoisotopic (exact) mass is 333 g/mol. The maximum atomic E-state index is 11.9. The summed E-state index contributed by atoms with van der Waals surface area (Å²) in [6, 6.07) is 6.02. The van der Waals surface area contributed by atoms with Crippen molar-refractivity contribution >= 4 is 22.9 Å². The molecule has 0 saturated carbocycles. The Bertz CT molecular complexity index is 680. The van der Waals surface area contributed by atoms with Crippen LogP contribution in [0.25, 0.3) is 0 Å². The molecule has 0 unspecified atom stereocenters. The number of nitro benzene ring substituents is 1. The Balaban J connectivity index is 1.77. The van der Waals surface area contributed by atoms with Gasteiger partial charge in [0.2, 0.25) is 5.91 Å². The number of hydrogen-bond acceptors (Lipinski definition) is 5. The summed E-state index contributed by atoms with van der Waals surface area (Å²) in [5.41, 5.74) is 1.77. The van der Waals surface area contributed by atoms with E-state index >= 15 is 0 Å². The predicted octanol–water partition coefficient (Wildman–Crippen LogP) is 3.08. The Kier molecular flexibility index (Phi) is 5.81. The lowest BCUT2D eigenvalue weighted by atomic mass is 10.1. The summed E-state index contributed by atoms with van der Waals surface area (Å²) in [5.74, 6) is 0.323. The summed E-state index contributed by atoms with van der Waals surface area (Å²) in [6.45, 7) is 4.75. The number of carbonyl (C=O) groups is 1. The van der Waals surface area contributed by atoms with E-state index in [4.69, 9.17) is 0 Å². The Morgan fingerprint density at radius 1 is 1.35 bits per heavy atom. The molecule has 2 rings (SSSR count). The van der Waals surface area contributed by atoms with E-state index < -0.39 is 4.92 Å². The van der Waals surface area contributed by atoms with Crippen LogP contribution in [0.3, 0.4) is 0 Å². The first-order chi connectivity index (χ1) is 11.0. The van der Waals surface area contributed by atoms with Gasteiger partial charge in [0.15, 0.2) is 0 Å². The molecule has 1 aromatic heterocycles. The summed E-state index contributed by atoms with van der Waals surface area (Å²) in [6.07, 6.45) is 0.918. The third kappa shape index (κ3) is 5.14. The minimum Gasteiger partial charge on any atom is -0.355 e. The minimum atomic E-state index is -0.455. The Morgan fingerprint density at radius 3 is 2.61 bits per heavy atom. The first kappa shape index (κ1) is 17.1. The molecule has 122 valence electrons. The van der Waals surface area contributed by atoms with E-state index in [0.717, 1.165) is 16.3 Å². The highest BCUT2D eigenvalue weighted by Crippen LogP contribution is 2.19. The quantitative estimate of drug-likeness (QED) is 0.623. The third-order valence-electron chi connectivity index (χ3n) is 3.28. The van der Waals surface area contributed by atoms with E-state index in [1.54, 1.807) is 23.5 Å². The third-order valence-corrected chi connectivity index (χ3v) is 4.47. The van der Waals surface area contributed by atoms with Gasteiger partial charge in [-0.05, 0) is 5.56 Å². The maximum Gasteiger partial charge on any atom is 0.269 e. The van der Waals surface area contributed by atoms with Crippen molar-refractivity contribution in [3.05, 3.63) is 56.0 Å². The number of carbonyl (C=O) groups excluding carboxylic acids is 1. The van der Waals surface area contributed by atoms with Crippen molar-refractivity contribution in [2.24, 2.45) is 0 Å². The van der Waals surface area contributed by atoms with Gasteiger partial charge in [-0.3, -0.25) is 14.9 Å². The molecule has 0 saturated heterocycles. The normalized spacial score (nSPS) is 10.7. The average Bonchev–Trinajstić information content (AvgIpc) is 2.97. The molecule has 1 amide bonds. The molecule has 0 aliphatic carbocycles. The second-order valence-corrected chi connectivity index (χ2v) is 6.42. The van der Waals surface area contributed by atoms with Crippen molar-refractivity contribution in [3.8, 4) is 0 Å². The van der Waals surface area contributed by atoms with Crippen LogP contribution in [-0.2, 0) is 17.6 Å². The van der Waals surface area contributed by atoms with E-state index in [-0.39, 0.29) is 18.0 Å². The molecule has 0 radical (unpaired) electrons. The van der Waals surface area contributed by atoms with Crippen LogP contribution in [0.5, 0.6) is 0 Å². The van der Waals surface area contributed by atoms with Gasteiger partial charge in [0, 0.05) is 36.4 Å². The van der Waals surface area contributed by atoms with Crippen molar-refractivity contribution < 1.29 is 9.72 Å². The van der Waals surface area contributed by atoms with E-state index in [1.165, 1.54) is 12.1 Å². The van der Waals surface area contributed by atoms with Gasteiger partial charge in [0.05, 0.1) is 22.0 Å². The molecule has 1 aromatic carbocycles. The highest BCUT2D eigenvalue weighted by molar-refractivity contribution is 7.09. The number of hydrogen-bond donors (Lipinski definition) is 1. The Morgan fingerprint density at radius 2 is 2.04 bits per heavy atom. The number of non-ortho nitro benzene ring substituents is 1. The SMILES string of the molecule is CC(C)c1nc(CCNC(=O)Cc2ccc([N+](=O)[O-])cc2)cs1. The predicted molar refractivity (Wildman–Crippen MR) is 89.7 cm³/mol. The second-order valence-electron chi connectivity index (χ2n) is 5.53. The Hall–Kier alpha value is -2.28. The van der Waals surface area contributed by atoms with Crippen LogP contribution in [0.4, 0.5) is 5.69 Å². The summed E-state index contributed by atoms with van der Waals surface area (Å²) in [4.78, 5) is 26.5. The van der Waals surface area contributed by atoms with Crippen molar-refractivity contribution in [2.45, 2.75) is 32.6 Å². The van der Waals surface area contributed by atoms with Crippen LogP contribution < -0.4 is 5.32 Å². The summed E-state index contributed by atoms with van der Waals surface area (Å²) < 4.78 is 0. The fourth-order valence-electron chi connectivity index (χ4n) is 2.02. The van der Waals surface area contributed by atoms with Crippen LogP contribution in [0.15, 0.2) is 29.6 Å². The number of thiazole rings is 1. The van der Waals surface area contributed by atoms with Gasteiger partial charge in [-0.1, -0.05) is 26.0 Å². The van der Waals surface area contributed by atoms with Gasteiger partial charge >= 0.3 is 0 Å². The van der Waals surface area contributed by atoms with Crippen LogP contribution in [0.1, 0.15) is 36.0 Å². The molecule has 1 N–H and O–H groups in total. The van der Waals surface area contributed by atoms with Gasteiger partial charge in [-0.15, -0.1) is 11.3 Å². The molecule has 0 aliphatic rings. The molecular formula is C16H19N3O3S. The zero-order valence-corrected chi connectivity index (χ0v) is 13.9. The van der Waals surface area contributed by atoms with Gasteiger partial charge in [-0.2, -0.15) is 0 Å². The lowest BCUT2D eigenvalue weighted by Gasteiger charge is -2.04. The first-order valence-electron chi connectivity index (χ1n) is 7.40. The number of rotatable bonds is 7. The number of aromatic nitrogens is 1. The minimum absolute atomic E-state index is 0.0265. The standard InChI is InChI=1S/C16H19N3O3S/c1-11(2)16-18-13(10-23-16)7-8-17-15(20)9-12-3-5-14(6-4-12)19(21)22/h3-6,10-11H,7-9H2,1-2H3,(H,17,20). The molecule has 0 spiro atoms. The van der Waals surface area contributed by atoms with E-state index in [1.807, 2.05) is 5.38 Å². The van der Waals surface area contributed by atoms with E-state index in [0.29, 0.717) is 18.9 Å². The molecule has 6 nitrogen and oxygen atoms in total. The van der Waals surface area contributed by atoms with Crippen LogP contribution in [0.2, 0.25) is 0 Å². The molecule has 0 fully saturated rings. The largest absolute Gasteiger partial charge is 0.355 e. The molecule has 0 atom stereocenters. The van der Waals surface area contributed by atoms with Gasteiger partial charge in [0.1, 0.15) is 0 Å². The maximum absolute atomic E-state index is 11.9. The fraction of sp³-hybridized carbons (Fsp3) is 0.375. The lowest BCUT2D eigenvalue weighted by molar-refractivity contribution is -0.384. The molecular weight excluding hydrogens is 314 g/mol. The highest BCUT2D eigenvalue weighted by atomic mass is 32.1. The number of nitrogens with zero attached hydrogens (tertiary/aromatic N) is 2. The zero-order chi connectivity index (χ0) is 16.8. The molecule has 23 heavy (non-hydrogen) atoms. The molecule has 7 heteroatoms. The fourth-order valence-corrected chi connectivity index (χ4v) is 2.89. The zero-order valence-electron chi connectivity index (χ0n) is 13.1. The number of amides is 1.